The van der Waals surface area contributed by atoms with Gasteiger partial charge in [0.25, 0.3) is 5.91 Å². The number of carbonyl (C=O) groups excluding carboxylic acids is 1. The van der Waals surface area contributed by atoms with E-state index in [4.69, 9.17) is 9.47 Å². The van der Waals surface area contributed by atoms with Crippen LogP contribution in [0.1, 0.15) is 12.8 Å². The SMILES string of the molecule is O=C(COc1ccccc1)N1CCC(Oc2cnccn2)CC1. The van der Waals surface area contributed by atoms with Gasteiger partial charge in [-0.15, -0.1) is 0 Å². The van der Waals surface area contributed by atoms with Crippen LogP contribution in [0.4, 0.5) is 0 Å². The quantitative estimate of drug-likeness (QED) is 0.844. The van der Waals surface area contributed by atoms with E-state index in [9.17, 15) is 4.79 Å². The molecule has 23 heavy (non-hydrogen) atoms. The van der Waals surface area contributed by atoms with Gasteiger partial charge in [0, 0.05) is 38.3 Å². The Labute approximate surface area is 135 Å². The number of aromatic nitrogens is 2. The number of nitrogens with zero attached hydrogens (tertiary/aromatic N) is 3. The van der Waals surface area contributed by atoms with Crippen molar-refractivity contribution in [1.82, 2.24) is 14.9 Å². The summed E-state index contributed by atoms with van der Waals surface area (Å²) in [5.41, 5.74) is 0. The summed E-state index contributed by atoms with van der Waals surface area (Å²) in [6.45, 7) is 1.41. The van der Waals surface area contributed by atoms with Crippen molar-refractivity contribution < 1.29 is 14.3 Å². The topological polar surface area (TPSA) is 64.5 Å². The Balaban J connectivity index is 1.42. The van der Waals surface area contributed by atoms with Crippen LogP contribution in [0.25, 0.3) is 0 Å². The molecular formula is C17H19N3O3. The molecule has 0 radical (unpaired) electrons. The van der Waals surface area contributed by atoms with Crippen molar-refractivity contribution >= 4 is 5.91 Å². The monoisotopic (exact) mass is 313 g/mol. The highest BCUT2D eigenvalue weighted by Crippen LogP contribution is 2.17. The first-order chi connectivity index (χ1) is 11.3. The highest BCUT2D eigenvalue weighted by Gasteiger charge is 2.24. The minimum atomic E-state index is 0.00630. The van der Waals surface area contributed by atoms with E-state index in [0.717, 1.165) is 12.8 Å². The van der Waals surface area contributed by atoms with E-state index in [1.807, 2.05) is 35.2 Å². The predicted molar refractivity (Wildman–Crippen MR) is 84.2 cm³/mol. The standard InChI is InChI=1S/C17H19N3O3/c21-17(13-22-14-4-2-1-3-5-14)20-10-6-15(7-11-20)23-16-12-18-8-9-19-16/h1-5,8-9,12,15H,6-7,10-11,13H2. The zero-order valence-corrected chi connectivity index (χ0v) is 12.8. The van der Waals surface area contributed by atoms with E-state index >= 15 is 0 Å². The lowest BCUT2D eigenvalue weighted by Crippen LogP contribution is -2.43. The Bertz CT molecular complexity index is 613. The maximum atomic E-state index is 12.2. The molecule has 6 heteroatoms. The first kappa shape index (κ1) is 15.3. The summed E-state index contributed by atoms with van der Waals surface area (Å²) in [7, 11) is 0. The molecule has 0 bridgehead atoms. The number of hydrogen-bond acceptors (Lipinski definition) is 5. The Morgan fingerprint density at radius 3 is 2.65 bits per heavy atom. The molecule has 1 aromatic carbocycles. The first-order valence-corrected chi connectivity index (χ1v) is 7.69. The second kappa shape index (κ2) is 7.58. The number of likely N-dealkylation sites (tertiary alicyclic amines) is 1. The van der Waals surface area contributed by atoms with Crippen molar-refractivity contribution in [2.75, 3.05) is 19.7 Å². The number of amides is 1. The number of benzene rings is 1. The lowest BCUT2D eigenvalue weighted by atomic mass is 10.1. The van der Waals surface area contributed by atoms with Crippen molar-refractivity contribution in [1.29, 1.82) is 0 Å². The maximum absolute atomic E-state index is 12.2. The fourth-order valence-corrected chi connectivity index (χ4v) is 2.49. The minimum absolute atomic E-state index is 0.00630. The number of piperidine rings is 1. The Morgan fingerprint density at radius 1 is 1.17 bits per heavy atom. The third-order valence-corrected chi connectivity index (χ3v) is 3.73. The number of ether oxygens (including phenoxy) is 2. The zero-order chi connectivity index (χ0) is 15.9. The summed E-state index contributed by atoms with van der Waals surface area (Å²) in [6, 6.07) is 9.36. The Hall–Kier alpha value is -2.63. The van der Waals surface area contributed by atoms with Gasteiger partial charge in [-0.05, 0) is 12.1 Å². The first-order valence-electron chi connectivity index (χ1n) is 7.69. The largest absolute Gasteiger partial charge is 0.484 e. The summed E-state index contributed by atoms with van der Waals surface area (Å²) in [5.74, 6) is 1.25. The van der Waals surface area contributed by atoms with Crippen LogP contribution < -0.4 is 9.47 Å². The fourth-order valence-electron chi connectivity index (χ4n) is 2.49. The van der Waals surface area contributed by atoms with Crippen molar-refractivity contribution in [2.24, 2.45) is 0 Å². The fraction of sp³-hybridized carbons (Fsp3) is 0.353. The van der Waals surface area contributed by atoms with Gasteiger partial charge >= 0.3 is 0 Å². The number of para-hydroxylation sites is 1. The molecule has 1 aliphatic rings. The van der Waals surface area contributed by atoms with Crippen molar-refractivity contribution in [3.63, 3.8) is 0 Å². The summed E-state index contributed by atoms with van der Waals surface area (Å²) in [5, 5.41) is 0. The van der Waals surface area contributed by atoms with Gasteiger partial charge in [0.15, 0.2) is 6.61 Å². The molecule has 1 aromatic heterocycles. The summed E-state index contributed by atoms with van der Waals surface area (Å²) < 4.78 is 11.3. The minimum Gasteiger partial charge on any atom is -0.484 e. The average Bonchev–Trinajstić information content (AvgIpc) is 2.62. The van der Waals surface area contributed by atoms with E-state index in [2.05, 4.69) is 9.97 Å². The number of carbonyl (C=O) groups is 1. The summed E-state index contributed by atoms with van der Waals surface area (Å²) in [4.78, 5) is 22.1. The third kappa shape index (κ3) is 4.42. The molecule has 3 rings (SSSR count). The normalized spacial score (nSPS) is 15.2. The molecule has 1 saturated heterocycles. The third-order valence-electron chi connectivity index (χ3n) is 3.73. The van der Waals surface area contributed by atoms with Crippen LogP contribution in [0.3, 0.4) is 0 Å². The van der Waals surface area contributed by atoms with E-state index in [0.29, 0.717) is 24.7 Å². The molecule has 1 amide bonds. The van der Waals surface area contributed by atoms with Gasteiger partial charge in [-0.25, -0.2) is 4.98 Å². The van der Waals surface area contributed by atoms with Gasteiger partial charge in [-0.2, -0.15) is 0 Å². The van der Waals surface area contributed by atoms with Crippen molar-refractivity contribution in [2.45, 2.75) is 18.9 Å². The van der Waals surface area contributed by atoms with Crippen LogP contribution in [-0.4, -0.2) is 46.6 Å². The molecular weight excluding hydrogens is 294 g/mol. The van der Waals surface area contributed by atoms with Crippen LogP contribution in [0.5, 0.6) is 11.6 Å². The lowest BCUT2D eigenvalue weighted by Gasteiger charge is -2.31. The summed E-state index contributed by atoms with van der Waals surface area (Å²) >= 11 is 0. The smallest absolute Gasteiger partial charge is 0.260 e. The van der Waals surface area contributed by atoms with Crippen molar-refractivity contribution in [3.8, 4) is 11.6 Å². The Kier molecular flexibility index (Phi) is 5.03. The lowest BCUT2D eigenvalue weighted by molar-refractivity contribution is -0.135. The number of hydrogen-bond donors (Lipinski definition) is 0. The van der Waals surface area contributed by atoms with E-state index in [1.165, 1.54) is 0 Å². The molecule has 0 aliphatic carbocycles. The molecule has 120 valence electrons. The van der Waals surface area contributed by atoms with Gasteiger partial charge in [-0.3, -0.25) is 9.78 Å². The van der Waals surface area contributed by atoms with E-state index in [-0.39, 0.29) is 18.6 Å². The van der Waals surface area contributed by atoms with E-state index in [1.54, 1.807) is 18.6 Å². The molecule has 0 unspecified atom stereocenters. The highest BCUT2D eigenvalue weighted by atomic mass is 16.5. The molecule has 6 nitrogen and oxygen atoms in total. The maximum Gasteiger partial charge on any atom is 0.260 e. The summed E-state index contributed by atoms with van der Waals surface area (Å²) in [6.07, 6.45) is 6.47. The Morgan fingerprint density at radius 2 is 1.96 bits per heavy atom. The van der Waals surface area contributed by atoms with Crippen LogP contribution in [0.15, 0.2) is 48.9 Å². The van der Waals surface area contributed by atoms with Gasteiger partial charge in [-0.1, -0.05) is 18.2 Å². The van der Waals surface area contributed by atoms with Crippen LogP contribution in [0, 0.1) is 0 Å². The molecule has 0 saturated carbocycles. The second-order valence-corrected chi connectivity index (χ2v) is 5.34. The molecule has 2 heterocycles. The number of rotatable bonds is 5. The van der Waals surface area contributed by atoms with Crippen LogP contribution in [-0.2, 0) is 4.79 Å². The van der Waals surface area contributed by atoms with Gasteiger partial charge < -0.3 is 14.4 Å². The second-order valence-electron chi connectivity index (χ2n) is 5.34. The molecule has 1 aliphatic heterocycles. The molecule has 1 fully saturated rings. The molecule has 0 spiro atoms. The predicted octanol–water partition coefficient (Wildman–Crippen LogP) is 1.93. The van der Waals surface area contributed by atoms with Crippen LogP contribution >= 0.6 is 0 Å². The molecule has 2 aromatic rings. The van der Waals surface area contributed by atoms with Crippen molar-refractivity contribution in [3.05, 3.63) is 48.9 Å². The zero-order valence-electron chi connectivity index (χ0n) is 12.8. The molecule has 0 atom stereocenters. The van der Waals surface area contributed by atoms with Gasteiger partial charge in [0.2, 0.25) is 5.88 Å². The average molecular weight is 313 g/mol. The van der Waals surface area contributed by atoms with Crippen LogP contribution in [0.2, 0.25) is 0 Å². The van der Waals surface area contributed by atoms with Gasteiger partial charge in [0.05, 0.1) is 6.20 Å². The molecule has 0 N–H and O–H groups in total. The highest BCUT2D eigenvalue weighted by molar-refractivity contribution is 5.77. The van der Waals surface area contributed by atoms with E-state index < -0.39 is 0 Å². The van der Waals surface area contributed by atoms with Gasteiger partial charge in [0.1, 0.15) is 11.9 Å².